The molecule has 1 aromatic heterocycles. The number of thioether (sulfide) groups is 1. The first kappa shape index (κ1) is 21.2. The van der Waals surface area contributed by atoms with Gasteiger partial charge >= 0.3 is 0 Å². The molecule has 3 amide bonds. The summed E-state index contributed by atoms with van der Waals surface area (Å²) in [4.78, 5) is 38.6. The van der Waals surface area contributed by atoms with Crippen molar-refractivity contribution in [3.8, 4) is 0 Å². The van der Waals surface area contributed by atoms with Gasteiger partial charge < -0.3 is 10.3 Å². The number of hydrogen-bond donors (Lipinski definition) is 1. The largest absolute Gasteiger partial charge is 0.368 e. The number of aryl methyl sites for hydroxylation is 1. The van der Waals surface area contributed by atoms with E-state index in [-0.39, 0.29) is 24.2 Å². The summed E-state index contributed by atoms with van der Waals surface area (Å²) in [5.41, 5.74) is 8.88. The average molecular weight is 454 g/mol. The molecule has 2 N–H and O–H groups in total. The van der Waals surface area contributed by atoms with Gasteiger partial charge in [0.1, 0.15) is 6.54 Å². The molecule has 158 valence electrons. The van der Waals surface area contributed by atoms with Crippen LogP contribution < -0.4 is 5.73 Å². The van der Waals surface area contributed by atoms with E-state index in [9.17, 15) is 14.4 Å². The van der Waals surface area contributed by atoms with E-state index in [0.717, 1.165) is 40.2 Å². The van der Waals surface area contributed by atoms with Gasteiger partial charge in [-0.25, -0.2) is 0 Å². The Hall–Kier alpha value is -3.03. The van der Waals surface area contributed by atoms with Gasteiger partial charge in [-0.2, -0.15) is 0 Å². The van der Waals surface area contributed by atoms with Crippen LogP contribution in [0.4, 0.5) is 4.79 Å². The maximum Gasteiger partial charge on any atom is 0.293 e. The van der Waals surface area contributed by atoms with Crippen LogP contribution in [0.5, 0.6) is 0 Å². The minimum atomic E-state index is -0.450. The summed E-state index contributed by atoms with van der Waals surface area (Å²) in [6.45, 7) is 2.19. The maximum absolute atomic E-state index is 13.0. The van der Waals surface area contributed by atoms with E-state index in [1.807, 2.05) is 31.2 Å². The highest BCUT2D eigenvalue weighted by Gasteiger charge is 2.35. The van der Waals surface area contributed by atoms with E-state index in [2.05, 4.69) is 0 Å². The molecule has 31 heavy (non-hydrogen) atoms. The lowest BCUT2D eigenvalue weighted by Gasteiger charge is -2.13. The molecule has 0 saturated carbocycles. The number of nitrogens with zero attached hydrogens (tertiary/aromatic N) is 2. The zero-order valence-electron chi connectivity index (χ0n) is 16.8. The van der Waals surface area contributed by atoms with Crippen molar-refractivity contribution in [2.45, 2.75) is 26.4 Å². The molecule has 0 unspecified atom stereocenters. The van der Waals surface area contributed by atoms with Gasteiger partial charge in [0.05, 0.1) is 17.0 Å². The molecule has 2 aromatic carbocycles. The zero-order chi connectivity index (χ0) is 22.1. The lowest BCUT2D eigenvalue weighted by atomic mass is 10.1. The van der Waals surface area contributed by atoms with Crippen molar-refractivity contribution in [1.82, 2.24) is 9.47 Å². The van der Waals surface area contributed by atoms with Gasteiger partial charge in [-0.1, -0.05) is 54.9 Å². The van der Waals surface area contributed by atoms with Crippen molar-refractivity contribution >= 4 is 57.4 Å². The van der Waals surface area contributed by atoms with Crippen molar-refractivity contribution in [3.05, 3.63) is 75.3 Å². The van der Waals surface area contributed by atoms with Crippen LogP contribution in [0, 0.1) is 0 Å². The number of para-hydroxylation sites is 1. The van der Waals surface area contributed by atoms with Crippen molar-refractivity contribution in [3.63, 3.8) is 0 Å². The highest BCUT2D eigenvalue weighted by molar-refractivity contribution is 8.18. The van der Waals surface area contributed by atoms with E-state index < -0.39 is 5.91 Å². The number of hydrogen-bond acceptors (Lipinski definition) is 4. The number of carbonyl (C=O) groups excluding carboxylic acids is 3. The fraction of sp³-hybridized carbons (Fsp3) is 0.174. The third-order valence-corrected chi connectivity index (χ3v) is 6.44. The molecule has 0 radical (unpaired) electrons. The Morgan fingerprint density at radius 3 is 2.58 bits per heavy atom. The smallest absolute Gasteiger partial charge is 0.293 e. The van der Waals surface area contributed by atoms with Gasteiger partial charge in [-0.05, 0) is 41.5 Å². The number of halogens is 1. The van der Waals surface area contributed by atoms with E-state index in [4.69, 9.17) is 17.3 Å². The van der Waals surface area contributed by atoms with Gasteiger partial charge in [0.25, 0.3) is 11.1 Å². The number of primary amides is 1. The average Bonchev–Trinajstić information content (AvgIpc) is 3.21. The second-order valence-corrected chi connectivity index (χ2v) is 8.61. The number of imide groups is 1. The van der Waals surface area contributed by atoms with Gasteiger partial charge in [0.15, 0.2) is 0 Å². The number of benzene rings is 2. The van der Waals surface area contributed by atoms with Gasteiger partial charge in [0.2, 0.25) is 5.91 Å². The number of carbonyl (C=O) groups is 3. The molecule has 6 nitrogen and oxygen atoms in total. The van der Waals surface area contributed by atoms with Crippen LogP contribution in [0.1, 0.15) is 23.6 Å². The monoisotopic (exact) mass is 453 g/mol. The minimum absolute atomic E-state index is 0.0370. The van der Waals surface area contributed by atoms with Crippen LogP contribution in [0.3, 0.4) is 0 Å². The predicted molar refractivity (Wildman–Crippen MR) is 123 cm³/mol. The van der Waals surface area contributed by atoms with E-state index in [1.54, 1.807) is 35.0 Å². The minimum Gasteiger partial charge on any atom is -0.368 e. The molecular formula is C23H20ClN3O3S. The second kappa shape index (κ2) is 8.61. The Morgan fingerprint density at radius 1 is 1.13 bits per heavy atom. The molecule has 0 spiro atoms. The molecule has 1 fully saturated rings. The quantitative estimate of drug-likeness (QED) is 0.553. The molecule has 3 aromatic rings. The lowest BCUT2D eigenvalue weighted by molar-refractivity contribution is -0.123. The van der Waals surface area contributed by atoms with Gasteiger partial charge in [-0.15, -0.1) is 0 Å². The Bertz CT molecular complexity index is 1250. The first-order valence-electron chi connectivity index (χ1n) is 9.76. The molecule has 1 aliphatic heterocycles. The van der Waals surface area contributed by atoms with Gasteiger partial charge in [-0.3, -0.25) is 19.3 Å². The van der Waals surface area contributed by atoms with Gasteiger partial charge in [0, 0.05) is 22.2 Å². The molecule has 8 heteroatoms. The Kier molecular flexibility index (Phi) is 5.89. The van der Waals surface area contributed by atoms with E-state index in [1.165, 1.54) is 4.90 Å². The Balaban J connectivity index is 1.72. The summed E-state index contributed by atoms with van der Waals surface area (Å²) in [5, 5.41) is 1.07. The number of amides is 3. The van der Waals surface area contributed by atoms with Crippen LogP contribution in [0.25, 0.3) is 17.0 Å². The molecule has 4 rings (SSSR count). The topological polar surface area (TPSA) is 85.4 Å². The predicted octanol–water partition coefficient (Wildman–Crippen LogP) is 4.58. The van der Waals surface area contributed by atoms with Crippen LogP contribution in [-0.2, 0) is 29.1 Å². The lowest BCUT2D eigenvalue weighted by Crippen LogP contribution is -2.27. The summed E-state index contributed by atoms with van der Waals surface area (Å²) >= 11 is 7.09. The summed E-state index contributed by atoms with van der Waals surface area (Å²) in [6.07, 6.45) is 4.29. The third-order valence-electron chi connectivity index (χ3n) is 5.17. The summed E-state index contributed by atoms with van der Waals surface area (Å²) in [7, 11) is 0. The van der Waals surface area contributed by atoms with Crippen molar-refractivity contribution in [2.24, 2.45) is 5.73 Å². The number of rotatable bonds is 6. The van der Waals surface area contributed by atoms with Crippen molar-refractivity contribution < 1.29 is 14.4 Å². The maximum atomic E-state index is 13.0. The first-order chi connectivity index (χ1) is 14.9. The standard InChI is InChI=1S/C23H20ClN3O3S/c1-2-14-7-5-8-17-16(11-26(21(14)17)13-20(25)28)10-19-22(29)27(23(30)31-19)12-15-6-3-4-9-18(15)24/h3-11H,2,12-13H2,1H3,(H2,25,28)/b19-10-. The molecular weight excluding hydrogens is 434 g/mol. The van der Waals surface area contributed by atoms with Crippen LogP contribution in [-0.4, -0.2) is 26.5 Å². The molecule has 1 saturated heterocycles. The SMILES string of the molecule is CCc1cccc2c(/C=C3\SC(=O)N(Cc4ccccc4Cl)C3=O)cn(CC(N)=O)c12. The molecule has 0 aliphatic carbocycles. The highest BCUT2D eigenvalue weighted by Crippen LogP contribution is 2.36. The van der Waals surface area contributed by atoms with Crippen LogP contribution in [0.2, 0.25) is 5.02 Å². The molecule has 1 aliphatic rings. The van der Waals surface area contributed by atoms with Crippen LogP contribution in [0.15, 0.2) is 53.6 Å². The number of fused-ring (bicyclic) bond motifs is 1. The Labute approximate surface area is 188 Å². The highest BCUT2D eigenvalue weighted by atomic mass is 35.5. The molecule has 2 heterocycles. The fourth-order valence-electron chi connectivity index (χ4n) is 3.73. The summed E-state index contributed by atoms with van der Waals surface area (Å²) in [6, 6.07) is 13.0. The third kappa shape index (κ3) is 4.11. The Morgan fingerprint density at radius 2 is 1.87 bits per heavy atom. The molecule has 0 atom stereocenters. The first-order valence-corrected chi connectivity index (χ1v) is 11.0. The van der Waals surface area contributed by atoms with Crippen molar-refractivity contribution in [2.75, 3.05) is 0 Å². The van der Waals surface area contributed by atoms with Crippen LogP contribution >= 0.6 is 23.4 Å². The van der Waals surface area contributed by atoms with E-state index in [0.29, 0.717) is 15.5 Å². The van der Waals surface area contributed by atoms with Crippen molar-refractivity contribution in [1.29, 1.82) is 0 Å². The summed E-state index contributed by atoms with van der Waals surface area (Å²) < 4.78 is 1.80. The van der Waals surface area contributed by atoms with E-state index >= 15 is 0 Å². The zero-order valence-corrected chi connectivity index (χ0v) is 18.4. The second-order valence-electron chi connectivity index (χ2n) is 7.20. The number of aromatic nitrogens is 1. The molecule has 0 bridgehead atoms. The fourth-order valence-corrected chi connectivity index (χ4v) is 4.76. The number of nitrogens with two attached hydrogens (primary N) is 1. The summed E-state index contributed by atoms with van der Waals surface area (Å²) in [5.74, 6) is -0.813. The normalized spacial score (nSPS) is 15.4.